The standard InChI is InChI=1S/C21H20FN3O5S/c1-13-16-5-2-3-7-18(16)30-19(13)21(27)24-23-20(26)17-6-4-12-25(17)31(28,29)15-10-8-14(22)9-11-15/h2-3,5,7-11,17H,4,6,12H2,1H3,(H,23,26)(H,24,27). The number of carbonyl (C=O) groups excluding carboxylic acids is 2. The summed E-state index contributed by atoms with van der Waals surface area (Å²) in [4.78, 5) is 25.1. The van der Waals surface area contributed by atoms with Crippen molar-refractivity contribution >= 4 is 32.8 Å². The lowest BCUT2D eigenvalue weighted by Gasteiger charge is -2.23. The third-order valence-electron chi connectivity index (χ3n) is 5.28. The molecule has 2 heterocycles. The first-order valence-electron chi connectivity index (χ1n) is 9.65. The Morgan fingerprint density at radius 1 is 1.10 bits per heavy atom. The Kier molecular flexibility index (Phi) is 5.50. The predicted octanol–water partition coefficient (Wildman–Crippen LogP) is 2.49. The van der Waals surface area contributed by atoms with Crippen LogP contribution in [-0.4, -0.2) is 37.1 Å². The Morgan fingerprint density at radius 2 is 1.81 bits per heavy atom. The van der Waals surface area contributed by atoms with Gasteiger partial charge in [0, 0.05) is 17.5 Å². The van der Waals surface area contributed by atoms with Crippen molar-refractivity contribution in [2.45, 2.75) is 30.7 Å². The van der Waals surface area contributed by atoms with Crippen molar-refractivity contribution in [3.8, 4) is 0 Å². The first kappa shape index (κ1) is 21.0. The fraction of sp³-hybridized carbons (Fsp3) is 0.238. The number of fused-ring (bicyclic) bond motifs is 1. The van der Waals surface area contributed by atoms with Gasteiger partial charge in [-0.3, -0.25) is 20.4 Å². The summed E-state index contributed by atoms with van der Waals surface area (Å²) in [6, 6.07) is 10.6. The van der Waals surface area contributed by atoms with Gasteiger partial charge in [-0.05, 0) is 50.1 Å². The molecule has 4 rings (SSSR count). The van der Waals surface area contributed by atoms with Crippen LogP contribution in [0.1, 0.15) is 29.0 Å². The van der Waals surface area contributed by atoms with Gasteiger partial charge in [-0.15, -0.1) is 0 Å². The van der Waals surface area contributed by atoms with E-state index < -0.39 is 33.7 Å². The van der Waals surface area contributed by atoms with E-state index in [1.807, 2.05) is 12.1 Å². The fourth-order valence-electron chi connectivity index (χ4n) is 3.68. The zero-order valence-corrected chi connectivity index (χ0v) is 17.4. The van der Waals surface area contributed by atoms with E-state index in [-0.39, 0.29) is 17.2 Å². The number of benzene rings is 2. The lowest BCUT2D eigenvalue weighted by atomic mass is 10.1. The lowest BCUT2D eigenvalue weighted by molar-refractivity contribution is -0.125. The molecule has 2 N–H and O–H groups in total. The molecule has 8 nitrogen and oxygen atoms in total. The van der Waals surface area contributed by atoms with Crippen molar-refractivity contribution in [3.05, 3.63) is 65.7 Å². The zero-order valence-electron chi connectivity index (χ0n) is 16.6. The van der Waals surface area contributed by atoms with Gasteiger partial charge < -0.3 is 4.42 Å². The van der Waals surface area contributed by atoms with Gasteiger partial charge in [-0.2, -0.15) is 4.31 Å². The van der Waals surface area contributed by atoms with E-state index in [2.05, 4.69) is 10.9 Å². The zero-order chi connectivity index (χ0) is 22.2. The third kappa shape index (κ3) is 3.91. The number of hydrogen-bond acceptors (Lipinski definition) is 5. The number of nitrogens with zero attached hydrogens (tertiary/aromatic N) is 1. The first-order chi connectivity index (χ1) is 14.8. The Hall–Kier alpha value is -3.24. The molecule has 0 bridgehead atoms. The van der Waals surface area contributed by atoms with Gasteiger partial charge in [0.25, 0.3) is 5.91 Å². The van der Waals surface area contributed by atoms with E-state index >= 15 is 0 Å². The summed E-state index contributed by atoms with van der Waals surface area (Å²) in [6.07, 6.45) is 0.779. The number of furan rings is 1. The number of aryl methyl sites for hydroxylation is 1. The van der Waals surface area contributed by atoms with E-state index in [1.165, 1.54) is 0 Å². The summed E-state index contributed by atoms with van der Waals surface area (Å²) in [7, 11) is -3.99. The van der Waals surface area contributed by atoms with E-state index in [0.29, 0.717) is 24.0 Å². The van der Waals surface area contributed by atoms with Gasteiger partial charge in [0.1, 0.15) is 17.4 Å². The number of sulfonamides is 1. The van der Waals surface area contributed by atoms with Crippen LogP contribution in [0.4, 0.5) is 4.39 Å². The monoisotopic (exact) mass is 445 g/mol. The van der Waals surface area contributed by atoms with Crippen LogP contribution in [0.15, 0.2) is 57.8 Å². The quantitative estimate of drug-likeness (QED) is 0.600. The van der Waals surface area contributed by atoms with Crippen molar-refractivity contribution in [2.24, 2.45) is 0 Å². The number of carbonyl (C=O) groups is 2. The Labute approximate surface area is 178 Å². The van der Waals surface area contributed by atoms with Gasteiger partial charge >= 0.3 is 5.91 Å². The van der Waals surface area contributed by atoms with Crippen molar-refractivity contribution in [1.82, 2.24) is 15.2 Å². The van der Waals surface area contributed by atoms with Crippen LogP contribution in [-0.2, 0) is 14.8 Å². The summed E-state index contributed by atoms with van der Waals surface area (Å²) in [5.41, 5.74) is 5.76. The van der Waals surface area contributed by atoms with Crippen molar-refractivity contribution in [2.75, 3.05) is 6.54 Å². The molecule has 1 aromatic heterocycles. The second-order valence-corrected chi connectivity index (χ2v) is 9.11. The van der Waals surface area contributed by atoms with Crippen LogP contribution in [0.3, 0.4) is 0 Å². The summed E-state index contributed by atoms with van der Waals surface area (Å²) in [6.45, 7) is 1.88. The summed E-state index contributed by atoms with van der Waals surface area (Å²) >= 11 is 0. The fourth-order valence-corrected chi connectivity index (χ4v) is 5.34. The molecule has 2 amide bonds. The van der Waals surface area contributed by atoms with Crippen LogP contribution < -0.4 is 10.9 Å². The molecular formula is C21H20FN3O5S. The average molecular weight is 445 g/mol. The molecule has 1 saturated heterocycles. The molecule has 3 aromatic rings. The molecule has 10 heteroatoms. The number of nitrogens with one attached hydrogen (secondary N) is 2. The third-order valence-corrected chi connectivity index (χ3v) is 7.20. The predicted molar refractivity (Wildman–Crippen MR) is 110 cm³/mol. The van der Waals surface area contributed by atoms with Gasteiger partial charge in [-0.25, -0.2) is 12.8 Å². The molecule has 2 aromatic carbocycles. The Morgan fingerprint density at radius 3 is 2.52 bits per heavy atom. The normalized spacial score (nSPS) is 17.0. The van der Waals surface area contributed by atoms with Gasteiger partial charge in [-0.1, -0.05) is 18.2 Å². The van der Waals surface area contributed by atoms with E-state index in [1.54, 1.807) is 19.1 Å². The maximum Gasteiger partial charge on any atom is 0.305 e. The summed E-state index contributed by atoms with van der Waals surface area (Å²) in [5.74, 6) is -1.81. The maximum atomic E-state index is 13.1. The minimum atomic E-state index is -3.99. The van der Waals surface area contributed by atoms with E-state index in [4.69, 9.17) is 4.42 Å². The maximum absolute atomic E-state index is 13.1. The molecule has 1 aliphatic rings. The van der Waals surface area contributed by atoms with Crippen molar-refractivity contribution < 1.29 is 26.8 Å². The number of para-hydroxylation sites is 1. The Balaban J connectivity index is 1.47. The van der Waals surface area contributed by atoms with Crippen LogP contribution in [0, 0.1) is 12.7 Å². The minimum Gasteiger partial charge on any atom is -0.451 e. The summed E-state index contributed by atoms with van der Waals surface area (Å²) < 4.78 is 45.5. The molecule has 162 valence electrons. The molecule has 1 fully saturated rings. The van der Waals surface area contributed by atoms with Crippen LogP contribution in [0.5, 0.6) is 0 Å². The molecule has 0 radical (unpaired) electrons. The second kappa shape index (κ2) is 8.12. The largest absolute Gasteiger partial charge is 0.451 e. The highest BCUT2D eigenvalue weighted by molar-refractivity contribution is 7.89. The molecular weight excluding hydrogens is 425 g/mol. The average Bonchev–Trinajstić information content (AvgIpc) is 3.38. The molecule has 1 aliphatic heterocycles. The van der Waals surface area contributed by atoms with Gasteiger partial charge in [0.15, 0.2) is 5.76 Å². The molecule has 31 heavy (non-hydrogen) atoms. The van der Waals surface area contributed by atoms with E-state index in [0.717, 1.165) is 34.0 Å². The van der Waals surface area contributed by atoms with E-state index in [9.17, 15) is 22.4 Å². The van der Waals surface area contributed by atoms with Crippen molar-refractivity contribution in [1.29, 1.82) is 0 Å². The van der Waals surface area contributed by atoms with Gasteiger partial charge in [0.2, 0.25) is 10.0 Å². The highest BCUT2D eigenvalue weighted by atomic mass is 32.2. The Bertz CT molecular complexity index is 1250. The SMILES string of the molecule is Cc1c(C(=O)NNC(=O)C2CCCN2S(=O)(=O)c2ccc(F)cc2)oc2ccccc12. The number of amides is 2. The topological polar surface area (TPSA) is 109 Å². The van der Waals surface area contributed by atoms with Gasteiger partial charge in [0.05, 0.1) is 4.90 Å². The molecule has 0 aliphatic carbocycles. The minimum absolute atomic E-state index is 0.0590. The lowest BCUT2D eigenvalue weighted by Crippen LogP contribution is -2.51. The molecule has 0 saturated carbocycles. The van der Waals surface area contributed by atoms with Crippen LogP contribution >= 0.6 is 0 Å². The highest BCUT2D eigenvalue weighted by Crippen LogP contribution is 2.27. The highest BCUT2D eigenvalue weighted by Gasteiger charge is 2.39. The number of rotatable bonds is 4. The molecule has 1 atom stereocenters. The molecule has 0 spiro atoms. The van der Waals surface area contributed by atoms with Crippen LogP contribution in [0.2, 0.25) is 0 Å². The smallest absolute Gasteiger partial charge is 0.305 e. The van der Waals surface area contributed by atoms with Crippen molar-refractivity contribution in [3.63, 3.8) is 0 Å². The number of hydrazine groups is 1. The first-order valence-corrected chi connectivity index (χ1v) is 11.1. The van der Waals surface area contributed by atoms with Crippen LogP contribution in [0.25, 0.3) is 11.0 Å². The second-order valence-electron chi connectivity index (χ2n) is 7.22. The number of hydrogen-bond donors (Lipinski definition) is 2. The number of halogens is 1. The molecule has 1 unspecified atom stereocenters. The summed E-state index contributed by atoms with van der Waals surface area (Å²) in [5, 5.41) is 0.784.